The SMILES string of the molecule is CC(=O)c1cc(C)c(C=O)cc1C. The van der Waals surface area contributed by atoms with Crippen LogP contribution in [0.5, 0.6) is 0 Å². The molecule has 0 bridgehead atoms. The number of hydrogen-bond donors (Lipinski definition) is 0. The zero-order valence-electron chi connectivity index (χ0n) is 8.05. The van der Waals surface area contributed by atoms with Crippen molar-refractivity contribution in [1.29, 1.82) is 0 Å². The fraction of sp³-hybridized carbons (Fsp3) is 0.273. The highest BCUT2D eigenvalue weighted by Gasteiger charge is 2.06. The summed E-state index contributed by atoms with van der Waals surface area (Å²) in [7, 11) is 0. The van der Waals surface area contributed by atoms with Gasteiger partial charge in [0.2, 0.25) is 0 Å². The summed E-state index contributed by atoms with van der Waals surface area (Å²) in [5.41, 5.74) is 3.07. The summed E-state index contributed by atoms with van der Waals surface area (Å²) in [6.45, 7) is 5.20. The molecule has 0 aromatic heterocycles. The number of aryl methyl sites for hydroxylation is 2. The van der Waals surface area contributed by atoms with E-state index in [0.29, 0.717) is 11.1 Å². The van der Waals surface area contributed by atoms with Crippen LogP contribution in [0.15, 0.2) is 12.1 Å². The minimum absolute atomic E-state index is 0.0399. The van der Waals surface area contributed by atoms with E-state index < -0.39 is 0 Å². The van der Waals surface area contributed by atoms with Crippen LogP contribution in [0.25, 0.3) is 0 Å². The molecular formula is C11H12O2. The average molecular weight is 176 g/mol. The Bertz CT molecular complexity index is 365. The first-order valence-electron chi connectivity index (χ1n) is 4.13. The minimum atomic E-state index is 0.0399. The molecule has 1 aromatic carbocycles. The Morgan fingerprint density at radius 1 is 1.23 bits per heavy atom. The second kappa shape index (κ2) is 3.52. The molecule has 0 N–H and O–H groups in total. The molecule has 0 radical (unpaired) electrons. The van der Waals surface area contributed by atoms with E-state index in [4.69, 9.17) is 0 Å². The van der Waals surface area contributed by atoms with Crippen LogP contribution in [0.1, 0.15) is 38.8 Å². The summed E-state index contributed by atoms with van der Waals surface area (Å²) in [4.78, 5) is 21.7. The molecule has 0 spiro atoms. The van der Waals surface area contributed by atoms with E-state index in [1.54, 1.807) is 12.1 Å². The number of aldehydes is 1. The average Bonchev–Trinajstić information content (AvgIpc) is 2.07. The van der Waals surface area contributed by atoms with Crippen LogP contribution in [-0.2, 0) is 0 Å². The summed E-state index contributed by atoms with van der Waals surface area (Å²) in [6, 6.07) is 3.51. The summed E-state index contributed by atoms with van der Waals surface area (Å²) in [5, 5.41) is 0. The molecule has 0 saturated heterocycles. The van der Waals surface area contributed by atoms with Gasteiger partial charge in [-0.1, -0.05) is 0 Å². The smallest absolute Gasteiger partial charge is 0.160 e. The van der Waals surface area contributed by atoms with Gasteiger partial charge in [-0.3, -0.25) is 9.59 Å². The second-order valence-electron chi connectivity index (χ2n) is 3.20. The van der Waals surface area contributed by atoms with Gasteiger partial charge in [0.15, 0.2) is 5.78 Å². The molecule has 68 valence electrons. The molecule has 13 heavy (non-hydrogen) atoms. The van der Waals surface area contributed by atoms with E-state index >= 15 is 0 Å². The molecule has 0 fully saturated rings. The van der Waals surface area contributed by atoms with Crippen LogP contribution in [0, 0.1) is 13.8 Å². The van der Waals surface area contributed by atoms with Gasteiger partial charge in [0.25, 0.3) is 0 Å². The number of hydrogen-bond acceptors (Lipinski definition) is 2. The Labute approximate surface area is 77.6 Å². The lowest BCUT2D eigenvalue weighted by molar-refractivity contribution is 0.101. The maximum Gasteiger partial charge on any atom is 0.160 e. The highest BCUT2D eigenvalue weighted by molar-refractivity contribution is 5.96. The van der Waals surface area contributed by atoms with Gasteiger partial charge in [-0.2, -0.15) is 0 Å². The van der Waals surface area contributed by atoms with Gasteiger partial charge < -0.3 is 0 Å². The van der Waals surface area contributed by atoms with Gasteiger partial charge in [-0.25, -0.2) is 0 Å². The highest BCUT2D eigenvalue weighted by Crippen LogP contribution is 2.14. The molecule has 0 heterocycles. The number of rotatable bonds is 2. The fourth-order valence-electron chi connectivity index (χ4n) is 1.34. The summed E-state index contributed by atoms with van der Waals surface area (Å²) < 4.78 is 0. The molecule has 0 aliphatic carbocycles. The van der Waals surface area contributed by atoms with Crippen LogP contribution < -0.4 is 0 Å². The van der Waals surface area contributed by atoms with Crippen molar-refractivity contribution in [2.45, 2.75) is 20.8 Å². The third-order valence-electron chi connectivity index (χ3n) is 2.12. The van der Waals surface area contributed by atoms with E-state index in [1.807, 2.05) is 13.8 Å². The van der Waals surface area contributed by atoms with Gasteiger partial charge in [-0.05, 0) is 44.0 Å². The third-order valence-corrected chi connectivity index (χ3v) is 2.12. The van der Waals surface area contributed by atoms with E-state index in [1.165, 1.54) is 6.92 Å². The topological polar surface area (TPSA) is 34.1 Å². The van der Waals surface area contributed by atoms with Crippen molar-refractivity contribution < 1.29 is 9.59 Å². The van der Waals surface area contributed by atoms with Crippen molar-refractivity contribution in [3.05, 3.63) is 34.4 Å². The first-order chi connectivity index (χ1) is 6.06. The Balaban J connectivity index is 3.36. The standard InChI is InChI=1S/C11H12O2/c1-7-5-11(9(3)13)8(2)4-10(7)6-12/h4-6H,1-3H3. The van der Waals surface area contributed by atoms with Crippen molar-refractivity contribution in [3.63, 3.8) is 0 Å². The monoisotopic (exact) mass is 176 g/mol. The lowest BCUT2D eigenvalue weighted by Crippen LogP contribution is -1.99. The normalized spacial score (nSPS) is 9.77. The summed E-state index contributed by atoms with van der Waals surface area (Å²) in [6.07, 6.45) is 0.812. The first kappa shape index (κ1) is 9.65. The van der Waals surface area contributed by atoms with Gasteiger partial charge in [0.05, 0.1) is 0 Å². The van der Waals surface area contributed by atoms with Crippen molar-refractivity contribution >= 4 is 12.1 Å². The number of carbonyl (C=O) groups excluding carboxylic acids is 2. The largest absolute Gasteiger partial charge is 0.298 e. The maximum absolute atomic E-state index is 11.1. The molecular weight excluding hydrogens is 164 g/mol. The van der Waals surface area contributed by atoms with Crippen LogP contribution in [0.3, 0.4) is 0 Å². The second-order valence-corrected chi connectivity index (χ2v) is 3.20. The van der Waals surface area contributed by atoms with Crippen LogP contribution >= 0.6 is 0 Å². The molecule has 0 saturated carbocycles. The molecule has 2 nitrogen and oxygen atoms in total. The first-order valence-corrected chi connectivity index (χ1v) is 4.13. The van der Waals surface area contributed by atoms with Crippen molar-refractivity contribution in [3.8, 4) is 0 Å². The summed E-state index contributed by atoms with van der Waals surface area (Å²) in [5.74, 6) is 0.0399. The van der Waals surface area contributed by atoms with Crippen LogP contribution in [0.2, 0.25) is 0 Å². The molecule has 1 rings (SSSR count). The predicted molar refractivity (Wildman–Crippen MR) is 51.3 cm³/mol. The number of benzene rings is 1. The Morgan fingerprint density at radius 2 is 1.85 bits per heavy atom. The predicted octanol–water partition coefficient (Wildman–Crippen LogP) is 2.32. The molecule has 0 aliphatic rings. The Kier molecular flexibility index (Phi) is 2.61. The van der Waals surface area contributed by atoms with Gasteiger partial charge >= 0.3 is 0 Å². The summed E-state index contributed by atoms with van der Waals surface area (Å²) >= 11 is 0. The molecule has 0 unspecified atom stereocenters. The quantitative estimate of drug-likeness (QED) is 0.512. The molecule has 2 heteroatoms. The van der Waals surface area contributed by atoms with Crippen molar-refractivity contribution in [1.82, 2.24) is 0 Å². The molecule has 0 atom stereocenters. The Morgan fingerprint density at radius 3 is 2.31 bits per heavy atom. The lowest BCUT2D eigenvalue weighted by atomic mass is 9.98. The minimum Gasteiger partial charge on any atom is -0.298 e. The molecule has 0 aliphatic heterocycles. The Hall–Kier alpha value is -1.44. The van der Waals surface area contributed by atoms with Crippen LogP contribution in [-0.4, -0.2) is 12.1 Å². The maximum atomic E-state index is 11.1. The fourth-order valence-corrected chi connectivity index (χ4v) is 1.34. The number of Topliss-reactive ketones (excluding diaryl/α,β-unsaturated/α-hetero) is 1. The van der Waals surface area contributed by atoms with Crippen LogP contribution in [0.4, 0.5) is 0 Å². The third kappa shape index (κ3) is 1.83. The molecule has 0 amide bonds. The van der Waals surface area contributed by atoms with E-state index in [2.05, 4.69) is 0 Å². The van der Waals surface area contributed by atoms with Crippen molar-refractivity contribution in [2.24, 2.45) is 0 Å². The zero-order valence-corrected chi connectivity index (χ0v) is 8.05. The number of carbonyl (C=O) groups is 2. The number of ketones is 1. The van der Waals surface area contributed by atoms with Gasteiger partial charge in [-0.15, -0.1) is 0 Å². The zero-order chi connectivity index (χ0) is 10.0. The van der Waals surface area contributed by atoms with E-state index in [0.717, 1.165) is 17.4 Å². The van der Waals surface area contributed by atoms with Gasteiger partial charge in [0, 0.05) is 11.1 Å². The molecule has 1 aromatic rings. The van der Waals surface area contributed by atoms with Gasteiger partial charge in [0.1, 0.15) is 6.29 Å². The lowest BCUT2D eigenvalue weighted by Gasteiger charge is -2.05. The van der Waals surface area contributed by atoms with E-state index in [9.17, 15) is 9.59 Å². The van der Waals surface area contributed by atoms with Crippen molar-refractivity contribution in [2.75, 3.05) is 0 Å². The highest BCUT2D eigenvalue weighted by atomic mass is 16.1. The van der Waals surface area contributed by atoms with E-state index in [-0.39, 0.29) is 5.78 Å².